The Labute approximate surface area is 135 Å². The number of carbonyl (C=O) groups is 1. The van der Waals surface area contributed by atoms with Crippen molar-refractivity contribution in [3.63, 3.8) is 0 Å². The Morgan fingerprint density at radius 2 is 1.82 bits per heavy atom. The maximum Gasteiger partial charge on any atom is 0.330 e. The van der Waals surface area contributed by atoms with Crippen LogP contribution in [0, 0.1) is 0 Å². The van der Waals surface area contributed by atoms with Crippen molar-refractivity contribution in [1.82, 2.24) is 0 Å². The van der Waals surface area contributed by atoms with E-state index in [2.05, 4.69) is 13.5 Å². The third kappa shape index (κ3) is 19.1. The van der Waals surface area contributed by atoms with Crippen molar-refractivity contribution in [3.8, 4) is 0 Å². The summed E-state index contributed by atoms with van der Waals surface area (Å²) in [6.45, 7) is 11.9. The van der Waals surface area contributed by atoms with E-state index in [0.717, 1.165) is 25.9 Å². The SMILES string of the molecule is C=CC(=O)OC(CC)CCCCC.CCOCCOCCO. The van der Waals surface area contributed by atoms with Crippen molar-refractivity contribution in [2.24, 2.45) is 0 Å². The van der Waals surface area contributed by atoms with Gasteiger partial charge in [0.1, 0.15) is 6.10 Å². The Kier molecular flexibility index (Phi) is 21.3. The van der Waals surface area contributed by atoms with Crippen molar-refractivity contribution in [3.05, 3.63) is 12.7 Å². The highest BCUT2D eigenvalue weighted by molar-refractivity contribution is 5.81. The molecule has 0 saturated heterocycles. The smallest absolute Gasteiger partial charge is 0.330 e. The van der Waals surface area contributed by atoms with Gasteiger partial charge in [0.25, 0.3) is 0 Å². The highest BCUT2D eigenvalue weighted by atomic mass is 16.5. The van der Waals surface area contributed by atoms with E-state index in [1.165, 1.54) is 18.9 Å². The van der Waals surface area contributed by atoms with Crippen molar-refractivity contribution in [1.29, 1.82) is 0 Å². The van der Waals surface area contributed by atoms with Crippen LogP contribution < -0.4 is 0 Å². The van der Waals surface area contributed by atoms with Gasteiger partial charge in [0.15, 0.2) is 0 Å². The van der Waals surface area contributed by atoms with E-state index in [0.29, 0.717) is 19.8 Å². The van der Waals surface area contributed by atoms with Gasteiger partial charge in [0.2, 0.25) is 0 Å². The molecule has 0 fully saturated rings. The van der Waals surface area contributed by atoms with Gasteiger partial charge in [0, 0.05) is 12.7 Å². The Balaban J connectivity index is 0. The van der Waals surface area contributed by atoms with E-state index in [4.69, 9.17) is 19.3 Å². The number of hydrogen-bond acceptors (Lipinski definition) is 5. The molecule has 22 heavy (non-hydrogen) atoms. The van der Waals surface area contributed by atoms with Gasteiger partial charge in [-0.1, -0.05) is 33.3 Å². The summed E-state index contributed by atoms with van der Waals surface area (Å²) >= 11 is 0. The number of ether oxygens (including phenoxy) is 3. The molecular weight excluding hydrogens is 284 g/mol. The third-order valence-corrected chi connectivity index (χ3v) is 2.85. The van der Waals surface area contributed by atoms with E-state index in [1.54, 1.807) is 0 Å². The molecule has 0 bridgehead atoms. The zero-order chi connectivity index (χ0) is 17.1. The van der Waals surface area contributed by atoms with Crippen LogP contribution in [-0.2, 0) is 19.0 Å². The second kappa shape index (κ2) is 20.1. The molecule has 0 saturated carbocycles. The summed E-state index contributed by atoms with van der Waals surface area (Å²) in [6.07, 6.45) is 6.72. The minimum absolute atomic E-state index is 0.0806. The van der Waals surface area contributed by atoms with Gasteiger partial charge >= 0.3 is 5.97 Å². The highest BCUT2D eigenvalue weighted by Gasteiger charge is 2.08. The molecule has 0 radical (unpaired) electrons. The lowest BCUT2D eigenvalue weighted by molar-refractivity contribution is -0.143. The number of hydrogen-bond donors (Lipinski definition) is 1. The van der Waals surface area contributed by atoms with Crippen LogP contribution in [0.25, 0.3) is 0 Å². The molecule has 0 rings (SSSR count). The monoisotopic (exact) mass is 318 g/mol. The van der Waals surface area contributed by atoms with Crippen LogP contribution in [0.1, 0.15) is 52.9 Å². The molecule has 0 spiro atoms. The second-order valence-corrected chi connectivity index (χ2v) is 4.70. The van der Waals surface area contributed by atoms with Crippen LogP contribution in [0.3, 0.4) is 0 Å². The van der Waals surface area contributed by atoms with Gasteiger partial charge < -0.3 is 19.3 Å². The van der Waals surface area contributed by atoms with Crippen LogP contribution >= 0.6 is 0 Å². The van der Waals surface area contributed by atoms with Gasteiger partial charge in [-0.2, -0.15) is 0 Å². The van der Waals surface area contributed by atoms with Crippen LogP contribution in [0.15, 0.2) is 12.7 Å². The van der Waals surface area contributed by atoms with Crippen molar-refractivity contribution in [2.45, 2.75) is 59.0 Å². The second-order valence-electron chi connectivity index (χ2n) is 4.70. The highest BCUT2D eigenvalue weighted by Crippen LogP contribution is 2.10. The van der Waals surface area contributed by atoms with E-state index in [-0.39, 0.29) is 18.7 Å². The number of esters is 1. The lowest BCUT2D eigenvalue weighted by Gasteiger charge is -2.14. The van der Waals surface area contributed by atoms with Crippen molar-refractivity contribution in [2.75, 3.05) is 33.0 Å². The topological polar surface area (TPSA) is 65.0 Å². The predicted molar refractivity (Wildman–Crippen MR) is 88.9 cm³/mol. The van der Waals surface area contributed by atoms with Crippen molar-refractivity contribution >= 4 is 5.97 Å². The summed E-state index contributed by atoms with van der Waals surface area (Å²) < 4.78 is 15.0. The van der Waals surface area contributed by atoms with Crippen LogP contribution in [-0.4, -0.2) is 50.2 Å². The minimum Gasteiger partial charge on any atom is -0.459 e. The summed E-state index contributed by atoms with van der Waals surface area (Å²) in [5.74, 6) is -0.302. The van der Waals surface area contributed by atoms with Crippen LogP contribution in [0.5, 0.6) is 0 Å². The number of carbonyl (C=O) groups excluding carboxylic acids is 1. The zero-order valence-electron chi connectivity index (χ0n) is 14.5. The van der Waals surface area contributed by atoms with Crippen LogP contribution in [0.4, 0.5) is 0 Å². The maximum atomic E-state index is 10.9. The maximum absolute atomic E-state index is 10.9. The number of rotatable bonds is 13. The van der Waals surface area contributed by atoms with Gasteiger partial charge in [-0.05, 0) is 26.2 Å². The summed E-state index contributed by atoms with van der Waals surface area (Å²) in [6, 6.07) is 0. The molecule has 0 heterocycles. The molecule has 0 aromatic carbocycles. The first kappa shape index (κ1) is 23.4. The molecule has 1 N–H and O–H groups in total. The number of unbranched alkanes of at least 4 members (excludes halogenated alkanes) is 2. The molecule has 132 valence electrons. The average molecular weight is 318 g/mol. The molecule has 0 amide bonds. The molecule has 0 aliphatic heterocycles. The van der Waals surface area contributed by atoms with Gasteiger partial charge in [-0.3, -0.25) is 0 Å². The fourth-order valence-electron chi connectivity index (χ4n) is 1.61. The molecule has 0 aliphatic rings. The molecular formula is C17H34O5. The molecule has 5 heteroatoms. The first-order chi connectivity index (χ1) is 10.7. The fourth-order valence-corrected chi connectivity index (χ4v) is 1.61. The summed E-state index contributed by atoms with van der Waals surface area (Å²) in [7, 11) is 0. The molecule has 0 aromatic heterocycles. The lowest BCUT2D eigenvalue weighted by atomic mass is 10.1. The normalized spacial score (nSPS) is 11.3. The number of aliphatic hydroxyl groups is 1. The lowest BCUT2D eigenvalue weighted by Crippen LogP contribution is -2.15. The Morgan fingerprint density at radius 1 is 1.14 bits per heavy atom. The molecule has 5 nitrogen and oxygen atoms in total. The van der Waals surface area contributed by atoms with E-state index >= 15 is 0 Å². The predicted octanol–water partition coefficient (Wildman–Crippen LogP) is 3.11. The standard InChI is InChI=1S/C11H20O2.C6H14O3/c1-4-7-8-9-10(5-2)13-11(12)6-3;1-2-8-5-6-9-4-3-7/h6,10H,3-5,7-9H2,1-2H3;7H,2-6H2,1H3. The molecule has 0 aromatic rings. The summed E-state index contributed by atoms with van der Waals surface area (Å²) in [5.41, 5.74) is 0. The first-order valence-electron chi connectivity index (χ1n) is 8.25. The quantitative estimate of drug-likeness (QED) is 0.321. The molecule has 1 atom stereocenters. The Hall–Kier alpha value is -0.910. The summed E-state index contributed by atoms with van der Waals surface area (Å²) in [4.78, 5) is 10.9. The zero-order valence-corrected chi connectivity index (χ0v) is 14.5. The van der Waals surface area contributed by atoms with E-state index in [1.807, 2.05) is 13.8 Å². The van der Waals surface area contributed by atoms with Crippen molar-refractivity contribution < 1.29 is 24.1 Å². The van der Waals surface area contributed by atoms with Gasteiger partial charge in [-0.15, -0.1) is 0 Å². The molecule has 1 unspecified atom stereocenters. The first-order valence-corrected chi connectivity index (χ1v) is 8.25. The third-order valence-electron chi connectivity index (χ3n) is 2.85. The van der Waals surface area contributed by atoms with Crippen LogP contribution in [0.2, 0.25) is 0 Å². The summed E-state index contributed by atoms with van der Waals surface area (Å²) in [5, 5.41) is 8.26. The Morgan fingerprint density at radius 3 is 2.32 bits per heavy atom. The van der Waals surface area contributed by atoms with E-state index in [9.17, 15) is 4.79 Å². The average Bonchev–Trinajstić information content (AvgIpc) is 2.54. The Bertz CT molecular complexity index is 237. The van der Waals surface area contributed by atoms with Gasteiger partial charge in [-0.25, -0.2) is 4.79 Å². The van der Waals surface area contributed by atoms with Gasteiger partial charge in [0.05, 0.1) is 26.4 Å². The minimum atomic E-state index is -0.302. The molecule has 0 aliphatic carbocycles. The fraction of sp³-hybridized carbons (Fsp3) is 0.824. The van der Waals surface area contributed by atoms with E-state index < -0.39 is 0 Å². The number of aliphatic hydroxyl groups excluding tert-OH is 1. The largest absolute Gasteiger partial charge is 0.459 e.